The third-order valence-corrected chi connectivity index (χ3v) is 7.80. The van der Waals surface area contributed by atoms with Crippen LogP contribution in [0.15, 0.2) is 70.1 Å². The van der Waals surface area contributed by atoms with Crippen molar-refractivity contribution in [3.8, 4) is 5.75 Å². The number of nitrogens with one attached hydrogen (secondary N) is 3. The van der Waals surface area contributed by atoms with Gasteiger partial charge in [0.05, 0.1) is 12.3 Å². The van der Waals surface area contributed by atoms with Gasteiger partial charge in [-0.2, -0.15) is 10.2 Å². The standard InChI is InChI=1S/C26H42ClN3O2.C7H9N.C2H4N2.CH2O/c1-5-32-26-13-12-23(27)17-22(26)11-7-9-20-8-6-10-21(16-20)18-29-25(19-31)24(28-2)14-15-30(3)4;1-8-7-5-3-2-4-6-7;1-3-4-2;1-2/h12-13,17,19-21,28-29H,5-11,14-16,18H2,1-4H3;2-6,8H,1H3;1-2H2;1H2/b25-24+;;;. The van der Waals surface area contributed by atoms with Gasteiger partial charge in [-0.15, -0.1) is 0 Å². The number of hydrogen-bond acceptors (Lipinski definition) is 9. The summed E-state index contributed by atoms with van der Waals surface area (Å²) in [4.78, 5) is 21.8. The van der Waals surface area contributed by atoms with Crippen LogP contribution in [0.3, 0.4) is 0 Å². The quantitative estimate of drug-likeness (QED) is 0.0782. The number of nitrogens with zero attached hydrogens (tertiary/aromatic N) is 3. The van der Waals surface area contributed by atoms with Crippen LogP contribution in [-0.2, 0) is 16.0 Å². The summed E-state index contributed by atoms with van der Waals surface area (Å²) in [5.41, 5.74) is 4.08. The number of ether oxygens (including phenoxy) is 1. The lowest BCUT2D eigenvalue weighted by atomic mass is 9.79. The fourth-order valence-electron chi connectivity index (χ4n) is 5.28. The lowest BCUT2D eigenvalue weighted by Crippen LogP contribution is -2.30. The minimum absolute atomic E-state index is 0.626. The van der Waals surface area contributed by atoms with Crippen LogP contribution in [0.2, 0.25) is 5.02 Å². The molecule has 1 aliphatic rings. The molecule has 2 aromatic carbocycles. The maximum atomic E-state index is 11.7. The Morgan fingerprint density at radius 3 is 2.28 bits per heavy atom. The lowest BCUT2D eigenvalue weighted by Gasteiger charge is -2.30. The fourth-order valence-corrected chi connectivity index (χ4v) is 5.47. The predicted octanol–water partition coefficient (Wildman–Crippen LogP) is 6.89. The SMILES string of the molecule is C=NN=C.C=O.CCOc1ccc(Cl)cc1CCCC1CCCC(CN/C(C=O)=C(\CCN(C)C)NC)C1.CNc1ccccc1. The highest BCUT2D eigenvalue weighted by Gasteiger charge is 2.22. The highest BCUT2D eigenvalue weighted by molar-refractivity contribution is 6.30. The van der Waals surface area contributed by atoms with Gasteiger partial charge >= 0.3 is 0 Å². The number of carbonyl (C=O) groups is 2. The van der Waals surface area contributed by atoms with E-state index in [1.807, 2.05) is 90.4 Å². The fraction of sp³-hybridized carbons (Fsp3) is 0.500. The van der Waals surface area contributed by atoms with E-state index in [-0.39, 0.29) is 0 Å². The van der Waals surface area contributed by atoms with E-state index in [1.54, 1.807) is 0 Å². The second-order valence-electron chi connectivity index (χ2n) is 11.1. The first-order chi connectivity index (χ1) is 22.3. The van der Waals surface area contributed by atoms with Crippen LogP contribution in [0.5, 0.6) is 5.75 Å². The molecule has 0 radical (unpaired) electrons. The number of aldehydes is 1. The summed E-state index contributed by atoms with van der Waals surface area (Å²) in [7, 11) is 7.90. The first-order valence-electron chi connectivity index (χ1n) is 15.9. The van der Waals surface area contributed by atoms with Gasteiger partial charge in [0.15, 0.2) is 6.29 Å². The molecular formula is C36H57ClN6O3. The molecule has 2 unspecified atom stereocenters. The predicted molar refractivity (Wildman–Crippen MR) is 197 cm³/mol. The van der Waals surface area contributed by atoms with Crippen molar-refractivity contribution in [1.29, 1.82) is 0 Å². The molecule has 3 N–H and O–H groups in total. The van der Waals surface area contributed by atoms with Crippen LogP contribution < -0.4 is 20.7 Å². The minimum atomic E-state index is 0.626. The summed E-state index contributed by atoms with van der Waals surface area (Å²) in [6, 6.07) is 16.0. The third kappa shape index (κ3) is 19.0. The molecule has 0 aliphatic heterocycles. The molecule has 256 valence electrons. The Hall–Kier alpha value is -3.69. The van der Waals surface area contributed by atoms with E-state index in [9.17, 15) is 4.79 Å². The van der Waals surface area contributed by atoms with Crippen molar-refractivity contribution < 1.29 is 14.3 Å². The van der Waals surface area contributed by atoms with Gasteiger partial charge < -0.3 is 30.4 Å². The summed E-state index contributed by atoms with van der Waals surface area (Å²) >= 11 is 6.21. The number of rotatable bonds is 16. The van der Waals surface area contributed by atoms with Crippen molar-refractivity contribution in [3.63, 3.8) is 0 Å². The Kier molecular flexibility index (Phi) is 25.4. The van der Waals surface area contributed by atoms with Crippen molar-refractivity contribution in [3.05, 3.63) is 70.5 Å². The zero-order chi connectivity index (χ0) is 34.6. The van der Waals surface area contributed by atoms with Gasteiger partial charge in [-0.05, 0) is 94.4 Å². The van der Waals surface area contributed by atoms with Crippen LogP contribution >= 0.6 is 11.6 Å². The van der Waals surface area contributed by atoms with Gasteiger partial charge in [0.1, 0.15) is 12.5 Å². The molecule has 0 amide bonds. The van der Waals surface area contributed by atoms with E-state index in [0.29, 0.717) is 18.2 Å². The number of halogens is 1. The second-order valence-corrected chi connectivity index (χ2v) is 11.5. The molecule has 1 fully saturated rings. The molecule has 1 saturated carbocycles. The molecule has 9 nitrogen and oxygen atoms in total. The topological polar surface area (TPSA) is 107 Å². The number of benzene rings is 2. The largest absolute Gasteiger partial charge is 0.494 e. The Morgan fingerprint density at radius 2 is 1.74 bits per heavy atom. The minimum Gasteiger partial charge on any atom is -0.494 e. The summed E-state index contributed by atoms with van der Waals surface area (Å²) in [5.74, 6) is 2.35. The molecule has 0 saturated heterocycles. The molecule has 0 bridgehead atoms. The van der Waals surface area contributed by atoms with Crippen molar-refractivity contribution in [1.82, 2.24) is 15.5 Å². The maximum Gasteiger partial charge on any atom is 0.167 e. The van der Waals surface area contributed by atoms with Gasteiger partial charge in [0.25, 0.3) is 0 Å². The molecule has 2 aromatic rings. The molecule has 1 aliphatic carbocycles. The van der Waals surface area contributed by atoms with Gasteiger partial charge in [-0.1, -0.05) is 49.1 Å². The zero-order valence-electron chi connectivity index (χ0n) is 28.7. The van der Waals surface area contributed by atoms with E-state index in [4.69, 9.17) is 21.1 Å². The van der Waals surface area contributed by atoms with Crippen molar-refractivity contribution in [2.75, 3.05) is 53.2 Å². The Bertz CT molecular complexity index is 1120. The number of allylic oxidation sites excluding steroid dienone is 1. The first-order valence-corrected chi connectivity index (χ1v) is 16.3. The molecule has 46 heavy (non-hydrogen) atoms. The number of carbonyl (C=O) groups excluding carboxylic acids is 2. The molecular weight excluding hydrogens is 600 g/mol. The number of anilines is 1. The number of aryl methyl sites for hydroxylation is 1. The van der Waals surface area contributed by atoms with Crippen molar-refractivity contribution in [2.24, 2.45) is 22.0 Å². The number of hydrogen-bond donors (Lipinski definition) is 3. The van der Waals surface area contributed by atoms with Gasteiger partial charge in [0.2, 0.25) is 0 Å². The van der Waals surface area contributed by atoms with Crippen LogP contribution in [0.25, 0.3) is 0 Å². The maximum absolute atomic E-state index is 11.7. The first kappa shape index (κ1) is 42.3. The zero-order valence-corrected chi connectivity index (χ0v) is 29.5. The van der Waals surface area contributed by atoms with E-state index in [0.717, 1.165) is 66.7 Å². The highest BCUT2D eigenvalue weighted by atomic mass is 35.5. The van der Waals surface area contributed by atoms with Gasteiger partial charge in [-0.25, -0.2) is 0 Å². The van der Waals surface area contributed by atoms with Crippen LogP contribution in [0.4, 0.5) is 5.69 Å². The molecule has 0 aromatic heterocycles. The molecule has 3 rings (SSSR count). The highest BCUT2D eigenvalue weighted by Crippen LogP contribution is 2.33. The smallest absolute Gasteiger partial charge is 0.167 e. The second kappa shape index (κ2) is 27.6. The third-order valence-electron chi connectivity index (χ3n) is 7.57. The lowest BCUT2D eigenvalue weighted by molar-refractivity contribution is -0.105. The average molecular weight is 657 g/mol. The molecule has 10 heteroatoms. The summed E-state index contributed by atoms with van der Waals surface area (Å²) in [6.45, 7) is 12.5. The van der Waals surface area contributed by atoms with Crippen LogP contribution in [0, 0.1) is 11.8 Å². The van der Waals surface area contributed by atoms with Crippen LogP contribution in [-0.4, -0.2) is 79.3 Å². The molecule has 0 heterocycles. The van der Waals surface area contributed by atoms with Crippen molar-refractivity contribution >= 4 is 43.8 Å². The summed E-state index contributed by atoms with van der Waals surface area (Å²) in [6.07, 6.45) is 10.3. The van der Waals surface area contributed by atoms with E-state index in [2.05, 4.69) is 44.5 Å². The summed E-state index contributed by atoms with van der Waals surface area (Å²) < 4.78 is 5.77. The monoisotopic (exact) mass is 656 g/mol. The van der Waals surface area contributed by atoms with Gasteiger partial charge in [-0.3, -0.25) is 4.79 Å². The molecule has 2 atom stereocenters. The Morgan fingerprint density at radius 1 is 1.07 bits per heavy atom. The normalized spacial score (nSPS) is 15.5. The van der Waals surface area contributed by atoms with E-state index >= 15 is 0 Å². The van der Waals surface area contributed by atoms with Gasteiger partial charge in [0, 0.05) is 63.4 Å². The van der Waals surface area contributed by atoms with E-state index in [1.165, 1.54) is 37.7 Å². The van der Waals surface area contributed by atoms with Crippen LogP contribution in [0.1, 0.15) is 57.4 Å². The average Bonchev–Trinajstić information content (AvgIpc) is 3.09. The van der Waals surface area contributed by atoms with Crippen molar-refractivity contribution in [2.45, 2.75) is 58.3 Å². The Balaban J connectivity index is 0.00000120. The van der Waals surface area contributed by atoms with E-state index < -0.39 is 0 Å². The molecule has 0 spiro atoms. The summed E-state index contributed by atoms with van der Waals surface area (Å²) in [5, 5.41) is 16.5. The number of para-hydroxylation sites is 1. The Labute approximate surface area is 282 Å².